The van der Waals surface area contributed by atoms with Crippen LogP contribution in [0, 0.1) is 0 Å². The summed E-state index contributed by atoms with van der Waals surface area (Å²) in [6.45, 7) is 0.527. The normalized spacial score (nSPS) is 11.5. The Labute approximate surface area is 70.1 Å². The van der Waals surface area contributed by atoms with Gasteiger partial charge in [0.2, 0.25) is 6.54 Å². The summed E-state index contributed by atoms with van der Waals surface area (Å²) in [6, 6.07) is 5.77. The van der Waals surface area contributed by atoms with Crippen molar-refractivity contribution in [2.24, 2.45) is 10.9 Å². The van der Waals surface area contributed by atoms with Gasteiger partial charge in [0.05, 0.1) is 0 Å². The summed E-state index contributed by atoms with van der Waals surface area (Å²) in [5.41, 5.74) is 0. The van der Waals surface area contributed by atoms with Crippen LogP contribution in [0.1, 0.15) is 0 Å². The number of rotatable bonds is 2. The van der Waals surface area contributed by atoms with Gasteiger partial charge in [-0.05, 0) is 0 Å². The minimum atomic E-state index is 0.390. The van der Waals surface area contributed by atoms with E-state index in [1.807, 2.05) is 35.2 Å². The lowest BCUT2D eigenvalue weighted by Crippen LogP contribution is -2.35. The Morgan fingerprint density at radius 2 is 2.00 bits per heavy atom. The van der Waals surface area contributed by atoms with Crippen molar-refractivity contribution in [2.45, 2.75) is 6.54 Å². The van der Waals surface area contributed by atoms with Gasteiger partial charge in [-0.1, -0.05) is 17.7 Å². The van der Waals surface area contributed by atoms with E-state index in [-0.39, 0.29) is 0 Å². The van der Waals surface area contributed by atoms with Crippen LogP contribution >= 0.6 is 11.6 Å². The highest BCUT2D eigenvalue weighted by atomic mass is 35.5. The number of pyridine rings is 1. The number of hydrogen-bond acceptors (Lipinski definition) is 2. The van der Waals surface area contributed by atoms with E-state index < -0.39 is 0 Å². The SMILES string of the molecule is N/N=C(\Cl)C[n+]1ccccc1. The molecule has 1 rings (SSSR count). The molecule has 2 N–H and O–H groups in total. The monoisotopic (exact) mass is 170 g/mol. The molecule has 0 radical (unpaired) electrons. The van der Waals surface area contributed by atoms with Crippen molar-refractivity contribution in [3.63, 3.8) is 0 Å². The average molecular weight is 171 g/mol. The zero-order valence-corrected chi connectivity index (χ0v) is 6.70. The molecular formula is C7H9ClN3+. The van der Waals surface area contributed by atoms with Gasteiger partial charge in [0.15, 0.2) is 17.6 Å². The fourth-order valence-corrected chi connectivity index (χ4v) is 0.869. The van der Waals surface area contributed by atoms with Crippen molar-refractivity contribution in [3.05, 3.63) is 30.6 Å². The summed E-state index contributed by atoms with van der Waals surface area (Å²) in [5, 5.41) is 3.74. The number of halogens is 1. The second-order valence-electron chi connectivity index (χ2n) is 2.05. The van der Waals surface area contributed by atoms with Crippen molar-refractivity contribution in [3.8, 4) is 0 Å². The van der Waals surface area contributed by atoms with E-state index in [1.165, 1.54) is 0 Å². The largest absolute Gasteiger partial charge is 0.322 e. The summed E-state index contributed by atoms with van der Waals surface area (Å²) in [5.74, 6) is 4.96. The molecular weight excluding hydrogens is 162 g/mol. The van der Waals surface area contributed by atoms with E-state index in [0.717, 1.165) is 0 Å². The molecule has 58 valence electrons. The predicted octanol–water partition coefficient (Wildman–Crippen LogP) is 0.485. The Morgan fingerprint density at radius 3 is 2.55 bits per heavy atom. The van der Waals surface area contributed by atoms with Crippen LogP contribution in [0.5, 0.6) is 0 Å². The van der Waals surface area contributed by atoms with Gasteiger partial charge in [0.1, 0.15) is 0 Å². The molecule has 0 atom stereocenters. The fraction of sp³-hybridized carbons (Fsp3) is 0.143. The molecule has 11 heavy (non-hydrogen) atoms. The molecule has 0 amide bonds. The second kappa shape index (κ2) is 3.93. The zero-order valence-electron chi connectivity index (χ0n) is 5.94. The van der Waals surface area contributed by atoms with Gasteiger partial charge in [-0.2, -0.15) is 9.67 Å². The second-order valence-corrected chi connectivity index (χ2v) is 2.49. The molecule has 0 fully saturated rings. The zero-order chi connectivity index (χ0) is 8.10. The number of hydrogen-bond donors (Lipinski definition) is 1. The van der Waals surface area contributed by atoms with Crippen LogP contribution < -0.4 is 10.4 Å². The van der Waals surface area contributed by atoms with Gasteiger partial charge in [-0.15, -0.1) is 0 Å². The fourth-order valence-electron chi connectivity index (χ4n) is 0.731. The summed E-state index contributed by atoms with van der Waals surface area (Å²) in [4.78, 5) is 0. The number of nitrogens with two attached hydrogens (primary N) is 1. The molecule has 0 saturated heterocycles. The van der Waals surface area contributed by atoms with Crippen LogP contribution in [0.15, 0.2) is 35.7 Å². The number of nitrogens with zero attached hydrogens (tertiary/aromatic N) is 2. The van der Waals surface area contributed by atoms with Gasteiger partial charge in [-0.25, -0.2) is 0 Å². The van der Waals surface area contributed by atoms with Crippen LogP contribution in [-0.2, 0) is 6.54 Å². The smallest absolute Gasteiger partial charge is 0.203 e. The molecule has 3 nitrogen and oxygen atoms in total. The van der Waals surface area contributed by atoms with Crippen LogP contribution in [0.4, 0.5) is 0 Å². The van der Waals surface area contributed by atoms with Crippen LogP contribution in [0.25, 0.3) is 0 Å². The molecule has 1 aromatic heterocycles. The van der Waals surface area contributed by atoms with Crippen LogP contribution in [-0.4, -0.2) is 5.17 Å². The predicted molar refractivity (Wildman–Crippen MR) is 44.1 cm³/mol. The lowest BCUT2D eigenvalue weighted by atomic mass is 10.5. The van der Waals surface area contributed by atoms with Crippen molar-refractivity contribution < 1.29 is 4.57 Å². The van der Waals surface area contributed by atoms with Crippen molar-refractivity contribution in [2.75, 3.05) is 0 Å². The highest BCUT2D eigenvalue weighted by Gasteiger charge is 2.01. The Bertz CT molecular complexity index is 245. The topological polar surface area (TPSA) is 42.3 Å². The summed E-state index contributed by atoms with van der Waals surface area (Å²) in [6.07, 6.45) is 3.79. The van der Waals surface area contributed by atoms with E-state index in [0.29, 0.717) is 11.7 Å². The minimum absolute atomic E-state index is 0.390. The average Bonchev–Trinajstić information content (AvgIpc) is 2.06. The maximum atomic E-state index is 5.60. The van der Waals surface area contributed by atoms with E-state index in [1.54, 1.807) is 0 Å². The standard InChI is InChI=1S/C7H9ClN3/c8-7(10-9)6-11-4-2-1-3-5-11/h1-5H,6,9H2/q+1/b10-7-. The Balaban J connectivity index is 2.65. The van der Waals surface area contributed by atoms with E-state index in [9.17, 15) is 0 Å². The molecule has 0 aliphatic rings. The lowest BCUT2D eigenvalue weighted by molar-refractivity contribution is -0.681. The van der Waals surface area contributed by atoms with Gasteiger partial charge >= 0.3 is 0 Å². The van der Waals surface area contributed by atoms with Crippen LogP contribution in [0.2, 0.25) is 0 Å². The van der Waals surface area contributed by atoms with Gasteiger partial charge in [-0.3, -0.25) is 0 Å². The Hall–Kier alpha value is -1.09. The first-order chi connectivity index (χ1) is 5.33. The molecule has 0 aliphatic heterocycles. The summed E-state index contributed by atoms with van der Waals surface area (Å²) in [7, 11) is 0. The van der Waals surface area contributed by atoms with Crippen LogP contribution in [0.3, 0.4) is 0 Å². The molecule has 1 aromatic rings. The first-order valence-corrected chi connectivity index (χ1v) is 3.57. The Morgan fingerprint density at radius 1 is 1.36 bits per heavy atom. The van der Waals surface area contributed by atoms with E-state index in [4.69, 9.17) is 17.4 Å². The molecule has 0 aliphatic carbocycles. The van der Waals surface area contributed by atoms with Gasteiger partial charge < -0.3 is 5.84 Å². The highest BCUT2D eigenvalue weighted by Crippen LogP contribution is 1.83. The highest BCUT2D eigenvalue weighted by molar-refractivity contribution is 6.65. The van der Waals surface area contributed by atoms with E-state index >= 15 is 0 Å². The quantitative estimate of drug-likeness (QED) is 0.299. The third-order valence-corrected chi connectivity index (χ3v) is 1.45. The maximum absolute atomic E-state index is 5.60. The first-order valence-electron chi connectivity index (χ1n) is 3.19. The first kappa shape index (κ1) is 8.01. The molecule has 0 aromatic carbocycles. The lowest BCUT2D eigenvalue weighted by Gasteiger charge is -1.91. The van der Waals surface area contributed by atoms with Crippen molar-refractivity contribution in [1.82, 2.24) is 0 Å². The Kier molecular flexibility index (Phi) is 2.86. The third kappa shape index (κ3) is 2.55. The molecule has 4 heteroatoms. The molecule has 0 unspecified atom stereocenters. The summed E-state index contributed by atoms with van der Waals surface area (Å²) < 4.78 is 1.89. The van der Waals surface area contributed by atoms with E-state index in [2.05, 4.69) is 5.10 Å². The third-order valence-electron chi connectivity index (χ3n) is 1.23. The molecule has 0 spiro atoms. The molecule has 1 heterocycles. The summed E-state index contributed by atoms with van der Waals surface area (Å²) >= 11 is 5.60. The van der Waals surface area contributed by atoms with Crippen molar-refractivity contribution >= 4 is 16.8 Å². The molecule has 0 saturated carbocycles. The van der Waals surface area contributed by atoms with Crippen molar-refractivity contribution in [1.29, 1.82) is 0 Å². The van der Waals surface area contributed by atoms with Gasteiger partial charge in [0.25, 0.3) is 0 Å². The van der Waals surface area contributed by atoms with Gasteiger partial charge in [0, 0.05) is 12.1 Å². The maximum Gasteiger partial charge on any atom is 0.203 e. The molecule has 0 bridgehead atoms. The number of hydrazone groups is 1. The minimum Gasteiger partial charge on any atom is -0.322 e. The number of aromatic nitrogens is 1.